The molecule has 0 fully saturated rings. The zero-order valence-electron chi connectivity index (χ0n) is 17.3. The van der Waals surface area contributed by atoms with Crippen molar-refractivity contribution in [3.8, 4) is 11.5 Å². The number of fused-ring (bicyclic) bond motifs is 1. The number of rotatable bonds is 8. The number of nitrogens with zero attached hydrogens (tertiary/aromatic N) is 2. The topological polar surface area (TPSA) is 57.4 Å². The number of methoxy groups -OCH3 is 1. The lowest BCUT2D eigenvalue weighted by Gasteiger charge is -2.14. The van der Waals surface area contributed by atoms with E-state index in [0.29, 0.717) is 18.4 Å². The average molecular weight is 383 g/mol. The molecule has 3 aromatic rings. The number of nitrogens with one attached hydrogen (secondary N) is 1. The molecule has 0 aliphatic carbocycles. The van der Waals surface area contributed by atoms with Crippen molar-refractivity contribution < 1.29 is 9.47 Å². The van der Waals surface area contributed by atoms with E-state index in [2.05, 4.69) is 25.2 Å². The summed E-state index contributed by atoms with van der Waals surface area (Å²) in [4.78, 5) is 12.1. The fraction of sp³-hybridized carbons (Fsp3) is 0.409. The first-order valence-corrected chi connectivity index (χ1v) is 9.62. The number of imidazole rings is 1. The van der Waals surface area contributed by atoms with Gasteiger partial charge in [0.25, 0.3) is 0 Å². The Hall–Kier alpha value is -2.73. The zero-order valence-corrected chi connectivity index (χ0v) is 17.3. The number of benzene rings is 2. The van der Waals surface area contributed by atoms with Crippen LogP contribution in [-0.4, -0.2) is 22.3 Å². The van der Waals surface area contributed by atoms with Gasteiger partial charge in [0.2, 0.25) is 0 Å². The van der Waals surface area contributed by atoms with E-state index < -0.39 is 0 Å². The lowest BCUT2D eigenvalue weighted by Crippen LogP contribution is -2.24. The number of hydrogen-bond donors (Lipinski definition) is 1. The first-order valence-electron chi connectivity index (χ1n) is 9.62. The van der Waals surface area contributed by atoms with E-state index in [4.69, 9.17) is 9.47 Å². The Balaban J connectivity index is 1.74. The first-order chi connectivity index (χ1) is 13.4. The van der Waals surface area contributed by atoms with Crippen molar-refractivity contribution >= 4 is 11.0 Å². The summed E-state index contributed by atoms with van der Waals surface area (Å²) in [6.07, 6.45) is 1.09. The smallest absolute Gasteiger partial charge is 0.328 e. The molecular weight excluding hydrogens is 354 g/mol. The molecule has 1 heterocycles. The van der Waals surface area contributed by atoms with Gasteiger partial charge in [0, 0.05) is 26.7 Å². The van der Waals surface area contributed by atoms with E-state index in [0.717, 1.165) is 40.9 Å². The molecule has 1 N–H and O–H groups in total. The molecule has 150 valence electrons. The predicted octanol–water partition coefficient (Wildman–Crippen LogP) is 3.35. The molecule has 3 rings (SSSR count). The molecule has 0 saturated heterocycles. The minimum absolute atomic E-state index is 0.0312. The molecule has 0 aliphatic heterocycles. The summed E-state index contributed by atoms with van der Waals surface area (Å²) in [7, 11) is 5.22. The fourth-order valence-electron chi connectivity index (χ4n) is 3.18. The van der Waals surface area contributed by atoms with Crippen molar-refractivity contribution in [2.75, 3.05) is 7.11 Å². The van der Waals surface area contributed by atoms with Crippen LogP contribution < -0.4 is 20.5 Å². The van der Waals surface area contributed by atoms with Crippen LogP contribution >= 0.6 is 0 Å². The van der Waals surface area contributed by atoms with Crippen LogP contribution in [0.2, 0.25) is 0 Å². The normalized spacial score (nSPS) is 12.3. The number of aromatic nitrogens is 2. The second-order valence-corrected chi connectivity index (χ2v) is 7.19. The molecule has 0 saturated carbocycles. The third-order valence-electron chi connectivity index (χ3n) is 5.23. The largest absolute Gasteiger partial charge is 0.493 e. The minimum Gasteiger partial charge on any atom is -0.493 e. The van der Waals surface area contributed by atoms with Crippen LogP contribution in [0.1, 0.15) is 31.4 Å². The minimum atomic E-state index is -0.0312. The van der Waals surface area contributed by atoms with Gasteiger partial charge in [-0.25, -0.2) is 4.79 Å². The summed E-state index contributed by atoms with van der Waals surface area (Å²) in [6, 6.07) is 12.4. The zero-order chi connectivity index (χ0) is 20.3. The summed E-state index contributed by atoms with van der Waals surface area (Å²) in [5.41, 5.74) is 3.93. The van der Waals surface area contributed by atoms with Crippen molar-refractivity contribution in [3.63, 3.8) is 0 Å². The molecular formula is C22H29N3O3. The Bertz CT molecular complexity index is 1020. The number of hydrogen-bond acceptors (Lipinski definition) is 4. The second-order valence-electron chi connectivity index (χ2n) is 7.19. The Kier molecular flexibility index (Phi) is 6.09. The van der Waals surface area contributed by atoms with Gasteiger partial charge in [-0.2, -0.15) is 0 Å². The molecule has 6 heteroatoms. The third-order valence-corrected chi connectivity index (χ3v) is 5.23. The standard InChI is InChI=1S/C22H29N3O3/c1-6-15(2)23-13-16-8-10-20(21(12-16)27-5)28-14-17-7-9-18-19(11-17)25(4)22(26)24(18)3/h7-12,15,23H,6,13-14H2,1-5H3. The van der Waals surface area contributed by atoms with E-state index in [9.17, 15) is 4.79 Å². The van der Waals surface area contributed by atoms with Crippen LogP contribution in [0.5, 0.6) is 11.5 Å². The first kappa shape index (κ1) is 20.0. The van der Waals surface area contributed by atoms with Crippen molar-refractivity contribution in [2.24, 2.45) is 14.1 Å². The maximum Gasteiger partial charge on any atom is 0.328 e. The molecule has 1 atom stereocenters. The van der Waals surface area contributed by atoms with Gasteiger partial charge in [-0.3, -0.25) is 9.13 Å². The molecule has 0 spiro atoms. The predicted molar refractivity (Wildman–Crippen MR) is 112 cm³/mol. The van der Waals surface area contributed by atoms with Gasteiger partial charge in [-0.15, -0.1) is 0 Å². The highest BCUT2D eigenvalue weighted by Gasteiger charge is 2.10. The van der Waals surface area contributed by atoms with Gasteiger partial charge in [0.15, 0.2) is 11.5 Å². The van der Waals surface area contributed by atoms with Crippen LogP contribution in [0.4, 0.5) is 0 Å². The van der Waals surface area contributed by atoms with Gasteiger partial charge in [-0.05, 0) is 48.7 Å². The maximum absolute atomic E-state index is 12.1. The highest BCUT2D eigenvalue weighted by atomic mass is 16.5. The van der Waals surface area contributed by atoms with Crippen LogP contribution in [0.25, 0.3) is 11.0 Å². The van der Waals surface area contributed by atoms with E-state index in [1.807, 2.05) is 30.3 Å². The molecule has 1 unspecified atom stereocenters. The fourth-order valence-corrected chi connectivity index (χ4v) is 3.18. The Labute approximate surface area is 165 Å². The molecule has 6 nitrogen and oxygen atoms in total. The second kappa shape index (κ2) is 8.52. The van der Waals surface area contributed by atoms with E-state index in [1.165, 1.54) is 0 Å². The lowest BCUT2D eigenvalue weighted by molar-refractivity contribution is 0.284. The quantitative estimate of drug-likeness (QED) is 0.648. The average Bonchev–Trinajstić information content (AvgIpc) is 2.94. The van der Waals surface area contributed by atoms with Crippen LogP contribution in [0.3, 0.4) is 0 Å². The van der Waals surface area contributed by atoms with E-state index in [1.54, 1.807) is 30.3 Å². The molecule has 28 heavy (non-hydrogen) atoms. The van der Waals surface area contributed by atoms with Crippen LogP contribution in [0, 0.1) is 0 Å². The highest BCUT2D eigenvalue weighted by Crippen LogP contribution is 2.29. The molecule has 0 amide bonds. The van der Waals surface area contributed by atoms with Gasteiger partial charge in [0.1, 0.15) is 6.61 Å². The molecule has 0 aliphatic rings. The van der Waals surface area contributed by atoms with E-state index >= 15 is 0 Å². The van der Waals surface area contributed by atoms with Gasteiger partial charge < -0.3 is 14.8 Å². The number of aryl methyl sites for hydroxylation is 2. The number of ether oxygens (including phenoxy) is 2. The Morgan fingerprint density at radius 3 is 2.43 bits per heavy atom. The van der Waals surface area contributed by atoms with Crippen LogP contribution in [0.15, 0.2) is 41.2 Å². The maximum atomic E-state index is 12.1. The summed E-state index contributed by atoms with van der Waals surface area (Å²) >= 11 is 0. The molecule has 0 radical (unpaired) electrons. The summed E-state index contributed by atoms with van der Waals surface area (Å²) < 4.78 is 14.8. The lowest BCUT2D eigenvalue weighted by atomic mass is 10.1. The van der Waals surface area contributed by atoms with Crippen LogP contribution in [-0.2, 0) is 27.2 Å². The van der Waals surface area contributed by atoms with Crippen molar-refractivity contribution in [1.82, 2.24) is 14.5 Å². The van der Waals surface area contributed by atoms with Gasteiger partial charge >= 0.3 is 5.69 Å². The summed E-state index contributed by atoms with van der Waals surface area (Å²) in [5.74, 6) is 1.42. The SMILES string of the molecule is CCC(C)NCc1ccc(OCc2ccc3c(c2)n(C)c(=O)n3C)c(OC)c1. The Morgan fingerprint density at radius 1 is 1.00 bits per heavy atom. The van der Waals surface area contributed by atoms with Crippen molar-refractivity contribution in [3.05, 3.63) is 58.0 Å². The third kappa shape index (κ3) is 4.07. The molecule has 0 bridgehead atoms. The monoisotopic (exact) mass is 383 g/mol. The van der Waals surface area contributed by atoms with Crippen molar-refractivity contribution in [1.29, 1.82) is 0 Å². The van der Waals surface area contributed by atoms with Gasteiger partial charge in [-0.1, -0.05) is 19.1 Å². The van der Waals surface area contributed by atoms with Gasteiger partial charge in [0.05, 0.1) is 18.1 Å². The Morgan fingerprint density at radius 2 is 1.71 bits per heavy atom. The molecule has 1 aromatic heterocycles. The summed E-state index contributed by atoms with van der Waals surface area (Å²) in [6.45, 7) is 5.54. The van der Waals surface area contributed by atoms with Crippen molar-refractivity contribution in [2.45, 2.75) is 39.5 Å². The molecule has 2 aromatic carbocycles. The highest BCUT2D eigenvalue weighted by molar-refractivity contribution is 5.76. The van der Waals surface area contributed by atoms with E-state index in [-0.39, 0.29) is 5.69 Å². The summed E-state index contributed by atoms with van der Waals surface area (Å²) in [5, 5.41) is 3.48.